The molecule has 0 aliphatic heterocycles. The van der Waals surface area contributed by atoms with Gasteiger partial charge in [-0.15, -0.1) is 0 Å². The molecular weight excluding hydrogens is 675 g/mol. The van der Waals surface area contributed by atoms with Gasteiger partial charge < -0.3 is 0 Å². The third-order valence-corrected chi connectivity index (χ3v) is 13.3. The normalized spacial score (nSPS) is 14.7. The molecule has 0 bridgehead atoms. The summed E-state index contributed by atoms with van der Waals surface area (Å²) in [6.45, 7) is 0. The number of nitrogens with zero attached hydrogens (tertiary/aromatic N) is 1. The third kappa shape index (κ3) is 3.55. The second kappa shape index (κ2) is 10.8. The molecule has 13 rings (SSSR count). The number of benzene rings is 8. The molecule has 9 aromatic rings. The number of fused-ring (bicyclic) bond motifs is 20. The summed E-state index contributed by atoms with van der Waals surface area (Å²) < 4.78 is 0. The first kappa shape index (κ1) is 30.3. The van der Waals surface area contributed by atoms with E-state index in [-0.39, 0.29) is 10.8 Å². The van der Waals surface area contributed by atoms with Gasteiger partial charge in [0.25, 0.3) is 0 Å². The second-order valence-corrected chi connectivity index (χ2v) is 15.7. The van der Waals surface area contributed by atoms with Crippen LogP contribution in [0.3, 0.4) is 0 Å². The van der Waals surface area contributed by atoms with E-state index in [4.69, 9.17) is 4.98 Å². The highest BCUT2D eigenvalue weighted by molar-refractivity contribution is 5.97. The van der Waals surface area contributed by atoms with Crippen molar-refractivity contribution in [3.63, 3.8) is 0 Å². The van der Waals surface area contributed by atoms with E-state index in [0.29, 0.717) is 0 Å². The highest BCUT2D eigenvalue weighted by Crippen LogP contribution is 2.64. The monoisotopic (exact) mass is 707 g/mol. The molecule has 2 spiro atoms. The molecule has 4 aliphatic carbocycles. The van der Waals surface area contributed by atoms with Crippen LogP contribution in [-0.2, 0) is 10.8 Å². The molecule has 0 saturated carbocycles. The van der Waals surface area contributed by atoms with Gasteiger partial charge in [-0.05, 0) is 113 Å². The van der Waals surface area contributed by atoms with E-state index in [0.717, 1.165) is 22.5 Å². The Morgan fingerprint density at radius 2 is 0.500 bits per heavy atom. The van der Waals surface area contributed by atoms with E-state index >= 15 is 0 Å². The Hall–Kier alpha value is -7.09. The van der Waals surface area contributed by atoms with Crippen LogP contribution in [0.25, 0.3) is 67.0 Å². The summed E-state index contributed by atoms with van der Waals surface area (Å²) in [5.74, 6) is 0. The summed E-state index contributed by atoms with van der Waals surface area (Å²) in [6.07, 6.45) is 0. The molecule has 0 N–H and O–H groups in total. The zero-order chi connectivity index (χ0) is 36.6. The maximum Gasteiger partial charge on any atom is 0.0725 e. The molecule has 1 nitrogen and oxygen atoms in total. The van der Waals surface area contributed by atoms with E-state index in [1.807, 2.05) is 0 Å². The van der Waals surface area contributed by atoms with Gasteiger partial charge in [-0.1, -0.05) is 176 Å². The summed E-state index contributed by atoms with van der Waals surface area (Å²) in [7, 11) is 0. The number of pyridine rings is 1. The van der Waals surface area contributed by atoms with E-state index in [1.165, 1.54) is 89.0 Å². The lowest BCUT2D eigenvalue weighted by molar-refractivity contribution is 0.794. The summed E-state index contributed by atoms with van der Waals surface area (Å²) in [5, 5.41) is 0. The van der Waals surface area contributed by atoms with Gasteiger partial charge in [0.15, 0.2) is 0 Å². The van der Waals surface area contributed by atoms with Crippen molar-refractivity contribution in [3.05, 3.63) is 245 Å². The Morgan fingerprint density at radius 3 is 0.804 bits per heavy atom. The first-order valence-corrected chi connectivity index (χ1v) is 19.6. The molecule has 56 heavy (non-hydrogen) atoms. The topological polar surface area (TPSA) is 12.9 Å². The van der Waals surface area contributed by atoms with Crippen LogP contribution < -0.4 is 0 Å². The van der Waals surface area contributed by atoms with Crippen molar-refractivity contribution in [2.24, 2.45) is 0 Å². The molecule has 0 amide bonds. The largest absolute Gasteiger partial charge is 0.248 e. The maximum absolute atomic E-state index is 5.47. The molecule has 0 unspecified atom stereocenters. The molecule has 0 radical (unpaired) electrons. The lowest BCUT2D eigenvalue weighted by Gasteiger charge is -2.30. The number of rotatable bonds is 2. The SMILES string of the molecule is c1cc(-c2ccc3c(c2)C2(c4ccccc4-c4ccccc42)c2ccccc2-3)nc(-c2ccc3c(c2)C2(c4ccccc4-c4ccccc42)c2ccccc2-3)c1. The molecule has 8 aromatic carbocycles. The summed E-state index contributed by atoms with van der Waals surface area (Å²) >= 11 is 0. The lowest BCUT2D eigenvalue weighted by atomic mass is 9.70. The average molecular weight is 708 g/mol. The van der Waals surface area contributed by atoms with Crippen LogP contribution in [0.1, 0.15) is 44.5 Å². The van der Waals surface area contributed by atoms with Gasteiger partial charge in [0.05, 0.1) is 22.2 Å². The van der Waals surface area contributed by atoms with E-state index in [1.54, 1.807) is 0 Å². The lowest BCUT2D eigenvalue weighted by Crippen LogP contribution is -2.25. The summed E-state index contributed by atoms with van der Waals surface area (Å²) in [5.41, 5.74) is 24.7. The predicted octanol–water partition coefficient (Wildman–Crippen LogP) is 13.1. The molecule has 1 aromatic heterocycles. The fourth-order valence-corrected chi connectivity index (χ4v) is 11.3. The van der Waals surface area contributed by atoms with Crippen LogP contribution in [0, 0.1) is 0 Å². The Balaban J connectivity index is 0.994. The highest BCUT2D eigenvalue weighted by Gasteiger charge is 2.53. The Labute approximate surface area is 326 Å². The molecule has 0 fully saturated rings. The van der Waals surface area contributed by atoms with Gasteiger partial charge in [-0.3, -0.25) is 0 Å². The highest BCUT2D eigenvalue weighted by atomic mass is 14.7. The molecule has 1 heteroatoms. The first-order valence-electron chi connectivity index (χ1n) is 19.6. The minimum absolute atomic E-state index is 0.385. The summed E-state index contributed by atoms with van der Waals surface area (Å²) in [4.78, 5) is 5.47. The van der Waals surface area contributed by atoms with Crippen molar-refractivity contribution < 1.29 is 0 Å². The Morgan fingerprint density at radius 1 is 0.232 bits per heavy atom. The van der Waals surface area contributed by atoms with Gasteiger partial charge in [0.2, 0.25) is 0 Å². The minimum atomic E-state index is -0.385. The van der Waals surface area contributed by atoms with Crippen molar-refractivity contribution in [2.45, 2.75) is 10.8 Å². The van der Waals surface area contributed by atoms with Crippen LogP contribution in [0.15, 0.2) is 200 Å². The zero-order valence-electron chi connectivity index (χ0n) is 30.5. The van der Waals surface area contributed by atoms with Gasteiger partial charge in [0, 0.05) is 11.1 Å². The molecule has 4 aliphatic rings. The van der Waals surface area contributed by atoms with Gasteiger partial charge in [0.1, 0.15) is 0 Å². The van der Waals surface area contributed by atoms with Crippen LogP contribution in [0.5, 0.6) is 0 Å². The van der Waals surface area contributed by atoms with Gasteiger partial charge >= 0.3 is 0 Å². The Kier molecular flexibility index (Phi) is 5.82. The van der Waals surface area contributed by atoms with Crippen molar-refractivity contribution >= 4 is 0 Å². The van der Waals surface area contributed by atoms with Crippen molar-refractivity contribution in [3.8, 4) is 67.0 Å². The maximum atomic E-state index is 5.47. The number of hydrogen-bond donors (Lipinski definition) is 0. The van der Waals surface area contributed by atoms with Crippen molar-refractivity contribution in [2.75, 3.05) is 0 Å². The quantitative estimate of drug-likeness (QED) is 0.174. The fraction of sp³-hybridized carbons (Fsp3) is 0.0364. The van der Waals surface area contributed by atoms with Crippen LogP contribution in [0.4, 0.5) is 0 Å². The van der Waals surface area contributed by atoms with Gasteiger partial charge in [-0.25, -0.2) is 4.98 Å². The van der Waals surface area contributed by atoms with Crippen molar-refractivity contribution in [1.29, 1.82) is 0 Å². The molecule has 1 heterocycles. The van der Waals surface area contributed by atoms with E-state index < -0.39 is 0 Å². The van der Waals surface area contributed by atoms with Crippen LogP contribution >= 0.6 is 0 Å². The minimum Gasteiger partial charge on any atom is -0.248 e. The predicted molar refractivity (Wildman–Crippen MR) is 228 cm³/mol. The van der Waals surface area contributed by atoms with E-state index in [2.05, 4.69) is 200 Å². The van der Waals surface area contributed by atoms with E-state index in [9.17, 15) is 0 Å². The van der Waals surface area contributed by atoms with Crippen LogP contribution in [-0.4, -0.2) is 4.98 Å². The number of hydrogen-bond acceptors (Lipinski definition) is 1. The number of aromatic nitrogens is 1. The fourth-order valence-electron chi connectivity index (χ4n) is 11.3. The standard InChI is InChI=1S/C55H33N/c1-7-20-44-36(14-1)37-15-2-8-21-45(37)54(44)48-24-11-5-18-40(48)42-30-28-34(32-50(42)54)52-26-13-27-53(56-52)35-29-31-43-41-19-6-12-25-49(41)55(51(43)33-35)46-22-9-3-16-38(46)39-17-4-10-23-47(39)55/h1-33H. The molecule has 0 saturated heterocycles. The molecule has 258 valence electrons. The smallest absolute Gasteiger partial charge is 0.0725 e. The zero-order valence-corrected chi connectivity index (χ0v) is 30.5. The Bertz CT molecular complexity index is 2830. The average Bonchev–Trinajstić information content (AvgIpc) is 3.95. The summed E-state index contributed by atoms with van der Waals surface area (Å²) in [6, 6.07) is 74.6. The van der Waals surface area contributed by atoms with Crippen molar-refractivity contribution in [1.82, 2.24) is 4.98 Å². The molecular formula is C55H33N. The second-order valence-electron chi connectivity index (χ2n) is 15.7. The first-order chi connectivity index (χ1) is 27.8. The van der Waals surface area contributed by atoms with Gasteiger partial charge in [-0.2, -0.15) is 0 Å². The van der Waals surface area contributed by atoms with Crippen LogP contribution in [0.2, 0.25) is 0 Å². The third-order valence-electron chi connectivity index (χ3n) is 13.3. The molecule has 0 atom stereocenters.